The van der Waals surface area contributed by atoms with Crippen LogP contribution in [0, 0.1) is 10.1 Å². The van der Waals surface area contributed by atoms with Gasteiger partial charge >= 0.3 is 0 Å². The number of nitrogens with two attached hydrogens (primary N) is 1. The second-order valence-corrected chi connectivity index (χ2v) is 5.60. The van der Waals surface area contributed by atoms with Crippen LogP contribution in [0.3, 0.4) is 0 Å². The van der Waals surface area contributed by atoms with Gasteiger partial charge < -0.3 is 5.73 Å². The predicted octanol–water partition coefficient (Wildman–Crippen LogP) is 3.47. The van der Waals surface area contributed by atoms with Gasteiger partial charge in [0.05, 0.1) is 4.92 Å². The molecule has 0 aliphatic rings. The maximum absolute atomic E-state index is 11.0. The highest BCUT2D eigenvalue weighted by Crippen LogP contribution is 2.20. The largest absolute Gasteiger partial charge is 0.327 e. The van der Waals surface area contributed by atoms with E-state index in [1.165, 1.54) is 6.07 Å². The lowest BCUT2D eigenvalue weighted by Crippen LogP contribution is -2.25. The lowest BCUT2D eigenvalue weighted by Gasteiger charge is -2.12. The summed E-state index contributed by atoms with van der Waals surface area (Å²) >= 11 is 3.38. The molecule has 20 heavy (non-hydrogen) atoms. The van der Waals surface area contributed by atoms with Gasteiger partial charge in [0, 0.05) is 22.1 Å². The Hall–Kier alpha value is -1.72. The van der Waals surface area contributed by atoms with Gasteiger partial charge in [-0.15, -0.1) is 0 Å². The topological polar surface area (TPSA) is 69.2 Å². The Bertz CT molecular complexity index is 599. The van der Waals surface area contributed by atoms with Crippen LogP contribution in [0.25, 0.3) is 0 Å². The SMILES string of the molecule is NC(Cc1ccc(Br)cc1)Cc1ccccc1[N+](=O)[O-]. The van der Waals surface area contributed by atoms with Crippen molar-refractivity contribution >= 4 is 21.6 Å². The molecule has 0 fully saturated rings. The van der Waals surface area contributed by atoms with Crippen molar-refractivity contribution < 1.29 is 4.92 Å². The van der Waals surface area contributed by atoms with Gasteiger partial charge in [-0.05, 0) is 30.5 Å². The average Bonchev–Trinajstić information content (AvgIpc) is 2.41. The van der Waals surface area contributed by atoms with Gasteiger partial charge in [0.1, 0.15) is 0 Å². The minimum absolute atomic E-state index is 0.138. The fourth-order valence-corrected chi connectivity index (χ4v) is 2.40. The molecule has 0 aliphatic heterocycles. The van der Waals surface area contributed by atoms with E-state index in [9.17, 15) is 10.1 Å². The van der Waals surface area contributed by atoms with Crippen LogP contribution >= 0.6 is 15.9 Å². The Morgan fingerprint density at radius 2 is 1.75 bits per heavy atom. The van der Waals surface area contributed by atoms with E-state index < -0.39 is 0 Å². The number of nitro groups is 1. The molecule has 1 unspecified atom stereocenters. The summed E-state index contributed by atoms with van der Waals surface area (Å²) < 4.78 is 1.02. The van der Waals surface area contributed by atoms with Gasteiger partial charge in [-0.1, -0.05) is 46.3 Å². The summed E-state index contributed by atoms with van der Waals surface area (Å²) in [5.74, 6) is 0. The van der Waals surface area contributed by atoms with Gasteiger partial charge in [-0.25, -0.2) is 0 Å². The average molecular weight is 335 g/mol. The van der Waals surface area contributed by atoms with E-state index >= 15 is 0 Å². The van der Waals surface area contributed by atoms with Crippen molar-refractivity contribution in [1.82, 2.24) is 0 Å². The summed E-state index contributed by atoms with van der Waals surface area (Å²) in [6.07, 6.45) is 1.19. The van der Waals surface area contributed by atoms with Gasteiger partial charge in [0.25, 0.3) is 5.69 Å². The van der Waals surface area contributed by atoms with Crippen LogP contribution in [0.2, 0.25) is 0 Å². The molecular weight excluding hydrogens is 320 g/mol. The number of benzene rings is 2. The number of halogens is 1. The van der Waals surface area contributed by atoms with Crippen LogP contribution in [-0.4, -0.2) is 11.0 Å². The summed E-state index contributed by atoms with van der Waals surface area (Å²) in [6.45, 7) is 0. The lowest BCUT2D eigenvalue weighted by atomic mass is 9.99. The molecule has 2 rings (SSSR count). The van der Waals surface area contributed by atoms with E-state index in [1.54, 1.807) is 18.2 Å². The summed E-state index contributed by atoms with van der Waals surface area (Å²) in [6, 6.07) is 14.5. The summed E-state index contributed by atoms with van der Waals surface area (Å²) in [5, 5.41) is 11.0. The molecule has 1 atom stereocenters. The molecule has 0 saturated heterocycles. The van der Waals surface area contributed by atoms with Crippen molar-refractivity contribution in [3.63, 3.8) is 0 Å². The minimum atomic E-state index is -0.359. The van der Waals surface area contributed by atoms with Crippen LogP contribution in [0.1, 0.15) is 11.1 Å². The molecule has 0 aliphatic carbocycles. The Balaban J connectivity index is 2.06. The molecule has 2 N–H and O–H groups in total. The number of nitrogens with zero attached hydrogens (tertiary/aromatic N) is 1. The van der Waals surface area contributed by atoms with E-state index in [-0.39, 0.29) is 16.7 Å². The standard InChI is InChI=1S/C15H15BrN2O2/c16-13-7-5-11(6-8-13)9-14(17)10-12-3-1-2-4-15(12)18(19)20/h1-8,14H,9-10,17H2. The highest BCUT2D eigenvalue weighted by atomic mass is 79.9. The summed E-state index contributed by atoms with van der Waals surface area (Å²) in [5.41, 5.74) is 8.06. The molecule has 4 nitrogen and oxygen atoms in total. The van der Waals surface area contributed by atoms with Crippen molar-refractivity contribution in [3.8, 4) is 0 Å². The van der Waals surface area contributed by atoms with Crippen LogP contribution in [0.5, 0.6) is 0 Å². The first kappa shape index (κ1) is 14.7. The highest BCUT2D eigenvalue weighted by Gasteiger charge is 2.15. The van der Waals surface area contributed by atoms with E-state index in [2.05, 4.69) is 15.9 Å². The van der Waals surface area contributed by atoms with Crippen molar-refractivity contribution in [1.29, 1.82) is 0 Å². The molecule has 5 heteroatoms. The van der Waals surface area contributed by atoms with Gasteiger partial charge in [0.15, 0.2) is 0 Å². The number of hydrogen-bond acceptors (Lipinski definition) is 3. The van der Waals surface area contributed by atoms with E-state index in [0.29, 0.717) is 18.4 Å². The molecule has 2 aromatic rings. The third-order valence-corrected chi connectivity index (χ3v) is 3.61. The molecule has 0 amide bonds. The maximum atomic E-state index is 11.0. The van der Waals surface area contributed by atoms with Crippen molar-refractivity contribution in [2.24, 2.45) is 5.73 Å². The summed E-state index contributed by atoms with van der Waals surface area (Å²) in [4.78, 5) is 10.6. The van der Waals surface area contributed by atoms with Gasteiger partial charge in [0.2, 0.25) is 0 Å². The fraction of sp³-hybridized carbons (Fsp3) is 0.200. The summed E-state index contributed by atoms with van der Waals surface area (Å²) in [7, 11) is 0. The van der Waals surface area contributed by atoms with Crippen LogP contribution in [0.15, 0.2) is 53.0 Å². The van der Waals surface area contributed by atoms with Crippen LogP contribution in [-0.2, 0) is 12.8 Å². The highest BCUT2D eigenvalue weighted by molar-refractivity contribution is 9.10. The number of rotatable bonds is 5. The number of para-hydroxylation sites is 1. The van der Waals surface area contributed by atoms with Crippen molar-refractivity contribution in [2.75, 3.05) is 0 Å². The molecule has 104 valence electrons. The van der Waals surface area contributed by atoms with Crippen molar-refractivity contribution in [3.05, 3.63) is 74.2 Å². The van der Waals surface area contributed by atoms with Crippen LogP contribution < -0.4 is 5.73 Å². The number of nitro benzene ring substituents is 1. The van der Waals surface area contributed by atoms with Crippen LogP contribution in [0.4, 0.5) is 5.69 Å². The number of hydrogen-bond donors (Lipinski definition) is 1. The predicted molar refractivity (Wildman–Crippen MR) is 82.6 cm³/mol. The monoisotopic (exact) mass is 334 g/mol. The van der Waals surface area contributed by atoms with Gasteiger partial charge in [-0.3, -0.25) is 10.1 Å². The molecule has 0 aromatic heterocycles. The van der Waals surface area contributed by atoms with Crippen molar-refractivity contribution in [2.45, 2.75) is 18.9 Å². The molecule has 0 saturated carbocycles. The Morgan fingerprint density at radius 3 is 2.40 bits per heavy atom. The van der Waals surface area contributed by atoms with E-state index in [1.807, 2.05) is 24.3 Å². The first-order valence-electron chi connectivity index (χ1n) is 6.28. The Labute approximate surface area is 125 Å². The minimum Gasteiger partial charge on any atom is -0.327 e. The molecule has 0 spiro atoms. The maximum Gasteiger partial charge on any atom is 0.272 e. The molecular formula is C15H15BrN2O2. The first-order valence-corrected chi connectivity index (χ1v) is 7.08. The third kappa shape index (κ3) is 3.88. The van der Waals surface area contributed by atoms with E-state index in [0.717, 1.165) is 10.0 Å². The third-order valence-electron chi connectivity index (χ3n) is 3.08. The molecule has 0 radical (unpaired) electrons. The smallest absolute Gasteiger partial charge is 0.272 e. The Morgan fingerprint density at radius 1 is 1.10 bits per heavy atom. The zero-order valence-electron chi connectivity index (χ0n) is 10.8. The molecule has 0 bridgehead atoms. The lowest BCUT2D eigenvalue weighted by molar-refractivity contribution is -0.385. The first-order chi connectivity index (χ1) is 9.56. The molecule has 2 aromatic carbocycles. The second kappa shape index (κ2) is 6.63. The quantitative estimate of drug-likeness (QED) is 0.672. The normalized spacial score (nSPS) is 12.1. The van der Waals surface area contributed by atoms with Gasteiger partial charge in [-0.2, -0.15) is 0 Å². The second-order valence-electron chi connectivity index (χ2n) is 4.68. The zero-order valence-corrected chi connectivity index (χ0v) is 12.4. The molecule has 0 heterocycles. The zero-order chi connectivity index (χ0) is 14.5. The van der Waals surface area contributed by atoms with E-state index in [4.69, 9.17) is 5.73 Å². The fourth-order valence-electron chi connectivity index (χ4n) is 2.14. The Kier molecular flexibility index (Phi) is 4.87.